The van der Waals surface area contributed by atoms with E-state index in [1.54, 1.807) is 55.0 Å². The number of fused-ring (bicyclic) bond motifs is 1. The third-order valence-electron chi connectivity index (χ3n) is 4.95. The van der Waals surface area contributed by atoms with Crippen LogP contribution in [-0.4, -0.2) is 32.1 Å². The first-order chi connectivity index (χ1) is 15.0. The molecule has 0 atom stereocenters. The molecule has 0 bridgehead atoms. The number of aromatic hydroxyl groups is 1. The Bertz CT molecular complexity index is 1260. The van der Waals surface area contributed by atoms with Crippen molar-refractivity contribution in [1.82, 2.24) is 15.3 Å². The third-order valence-corrected chi connectivity index (χ3v) is 4.95. The number of carboxylic acids is 1. The minimum absolute atomic E-state index is 0.0502. The van der Waals surface area contributed by atoms with Gasteiger partial charge in [0, 0.05) is 48.1 Å². The summed E-state index contributed by atoms with van der Waals surface area (Å²) in [4.78, 5) is 32.0. The molecule has 0 aliphatic carbocycles. The van der Waals surface area contributed by atoms with Crippen LogP contribution < -0.4 is 5.32 Å². The number of hydrogen-bond acceptors (Lipinski definition) is 5. The molecule has 7 heteroatoms. The van der Waals surface area contributed by atoms with Gasteiger partial charge in [0.2, 0.25) is 0 Å². The summed E-state index contributed by atoms with van der Waals surface area (Å²) in [7, 11) is 0. The summed E-state index contributed by atoms with van der Waals surface area (Å²) in [6.45, 7) is 0.349. The molecular formula is C24H19N3O4. The van der Waals surface area contributed by atoms with Crippen molar-refractivity contribution in [1.29, 1.82) is 0 Å². The number of carboxylic acid groups (broad SMARTS) is 1. The Kier molecular flexibility index (Phi) is 5.57. The maximum absolute atomic E-state index is 12.6. The lowest BCUT2D eigenvalue weighted by Gasteiger charge is -2.10. The molecule has 0 saturated carbocycles. The summed E-state index contributed by atoms with van der Waals surface area (Å²) in [6.07, 6.45) is 5.32. The van der Waals surface area contributed by atoms with E-state index in [0.29, 0.717) is 35.0 Å². The van der Waals surface area contributed by atoms with Crippen LogP contribution in [0.25, 0.3) is 10.9 Å². The fourth-order valence-electron chi connectivity index (χ4n) is 3.26. The molecule has 154 valence electrons. The summed E-state index contributed by atoms with van der Waals surface area (Å²) in [6, 6.07) is 15.1. The van der Waals surface area contributed by atoms with Crippen molar-refractivity contribution in [3.05, 3.63) is 101 Å². The minimum atomic E-state index is -0.990. The molecule has 31 heavy (non-hydrogen) atoms. The molecule has 2 aromatic heterocycles. The van der Waals surface area contributed by atoms with E-state index in [0.717, 1.165) is 11.1 Å². The lowest BCUT2D eigenvalue weighted by molar-refractivity contribution is 0.0696. The SMILES string of the molecule is O=C(O)c1ccc(Cc2cnc3ccc(C(=O)NCc4cccnc4)cc3c2O)cc1. The normalized spacial score (nSPS) is 10.7. The van der Waals surface area contributed by atoms with Gasteiger partial charge in [-0.25, -0.2) is 4.79 Å². The Morgan fingerprint density at radius 1 is 0.935 bits per heavy atom. The van der Waals surface area contributed by atoms with Crippen LogP contribution in [0.5, 0.6) is 5.75 Å². The smallest absolute Gasteiger partial charge is 0.335 e. The number of hydrogen-bond donors (Lipinski definition) is 3. The molecule has 0 aliphatic rings. The average molecular weight is 413 g/mol. The third kappa shape index (κ3) is 4.51. The second kappa shape index (κ2) is 8.62. The topological polar surface area (TPSA) is 112 Å². The summed E-state index contributed by atoms with van der Waals surface area (Å²) in [5.74, 6) is -1.20. The lowest BCUT2D eigenvalue weighted by atomic mass is 10.0. The van der Waals surface area contributed by atoms with E-state index in [4.69, 9.17) is 5.11 Å². The fourth-order valence-corrected chi connectivity index (χ4v) is 3.26. The molecule has 0 radical (unpaired) electrons. The van der Waals surface area contributed by atoms with E-state index in [2.05, 4.69) is 15.3 Å². The number of benzene rings is 2. The van der Waals surface area contributed by atoms with Gasteiger partial charge in [0.15, 0.2) is 0 Å². The van der Waals surface area contributed by atoms with Crippen molar-refractivity contribution in [3.8, 4) is 5.75 Å². The number of carbonyl (C=O) groups excluding carboxylic acids is 1. The van der Waals surface area contributed by atoms with Crippen molar-refractivity contribution >= 4 is 22.8 Å². The van der Waals surface area contributed by atoms with Crippen LogP contribution in [-0.2, 0) is 13.0 Å². The molecule has 4 aromatic rings. The lowest BCUT2D eigenvalue weighted by Crippen LogP contribution is -2.22. The van der Waals surface area contributed by atoms with Crippen LogP contribution in [0.3, 0.4) is 0 Å². The number of pyridine rings is 2. The van der Waals surface area contributed by atoms with Gasteiger partial charge in [-0.3, -0.25) is 14.8 Å². The van der Waals surface area contributed by atoms with Crippen molar-refractivity contribution in [2.24, 2.45) is 0 Å². The Morgan fingerprint density at radius 3 is 2.42 bits per heavy atom. The first-order valence-corrected chi connectivity index (χ1v) is 9.61. The van der Waals surface area contributed by atoms with Gasteiger partial charge in [0.05, 0.1) is 11.1 Å². The van der Waals surface area contributed by atoms with E-state index in [1.807, 2.05) is 6.07 Å². The highest BCUT2D eigenvalue weighted by atomic mass is 16.4. The molecule has 1 amide bonds. The van der Waals surface area contributed by atoms with Gasteiger partial charge in [-0.05, 0) is 47.5 Å². The predicted octanol–water partition coefficient (Wildman–Crippen LogP) is 3.55. The monoisotopic (exact) mass is 413 g/mol. The van der Waals surface area contributed by atoms with Crippen LogP contribution >= 0.6 is 0 Å². The van der Waals surface area contributed by atoms with Crippen molar-refractivity contribution in [2.45, 2.75) is 13.0 Å². The van der Waals surface area contributed by atoms with Crippen LogP contribution in [0, 0.1) is 0 Å². The molecule has 0 spiro atoms. The Morgan fingerprint density at radius 2 is 1.71 bits per heavy atom. The van der Waals surface area contributed by atoms with Gasteiger partial charge in [-0.15, -0.1) is 0 Å². The average Bonchev–Trinajstić information content (AvgIpc) is 2.80. The zero-order valence-corrected chi connectivity index (χ0v) is 16.4. The molecule has 0 saturated heterocycles. The zero-order chi connectivity index (χ0) is 21.8. The molecule has 0 fully saturated rings. The minimum Gasteiger partial charge on any atom is -0.507 e. The fraction of sp³-hybridized carbons (Fsp3) is 0.0833. The van der Waals surface area contributed by atoms with Crippen LogP contribution in [0.1, 0.15) is 37.4 Å². The van der Waals surface area contributed by atoms with Gasteiger partial charge in [0.1, 0.15) is 5.75 Å². The largest absolute Gasteiger partial charge is 0.507 e. The van der Waals surface area contributed by atoms with Crippen molar-refractivity contribution in [3.63, 3.8) is 0 Å². The van der Waals surface area contributed by atoms with Crippen molar-refractivity contribution < 1.29 is 19.8 Å². The molecule has 2 heterocycles. The van der Waals surface area contributed by atoms with Crippen molar-refractivity contribution in [2.75, 3.05) is 0 Å². The Labute approximate surface area is 178 Å². The summed E-state index contributed by atoms with van der Waals surface area (Å²) in [5.41, 5.74) is 3.50. The van der Waals surface area contributed by atoms with Gasteiger partial charge in [-0.2, -0.15) is 0 Å². The number of nitrogens with one attached hydrogen (secondary N) is 1. The molecule has 3 N–H and O–H groups in total. The first-order valence-electron chi connectivity index (χ1n) is 9.61. The quantitative estimate of drug-likeness (QED) is 0.446. The number of nitrogens with zero attached hydrogens (tertiary/aromatic N) is 2. The van der Waals surface area contributed by atoms with Gasteiger partial charge in [0.25, 0.3) is 5.91 Å². The number of rotatable bonds is 6. The van der Waals surface area contributed by atoms with Crippen LogP contribution in [0.2, 0.25) is 0 Å². The van der Waals surface area contributed by atoms with E-state index in [1.165, 1.54) is 12.1 Å². The molecule has 2 aromatic carbocycles. The highest BCUT2D eigenvalue weighted by molar-refractivity contribution is 5.99. The molecule has 7 nitrogen and oxygen atoms in total. The zero-order valence-electron chi connectivity index (χ0n) is 16.4. The van der Waals surface area contributed by atoms with Gasteiger partial charge in [-0.1, -0.05) is 18.2 Å². The number of carbonyl (C=O) groups is 2. The number of aromatic carboxylic acids is 1. The molecule has 4 rings (SSSR count). The highest BCUT2D eigenvalue weighted by Gasteiger charge is 2.13. The van der Waals surface area contributed by atoms with E-state index in [-0.39, 0.29) is 17.2 Å². The van der Waals surface area contributed by atoms with Gasteiger partial charge < -0.3 is 15.5 Å². The van der Waals surface area contributed by atoms with Gasteiger partial charge >= 0.3 is 5.97 Å². The van der Waals surface area contributed by atoms with Crippen LogP contribution in [0.15, 0.2) is 73.2 Å². The first kappa shape index (κ1) is 20.0. The second-order valence-corrected chi connectivity index (χ2v) is 7.09. The highest BCUT2D eigenvalue weighted by Crippen LogP contribution is 2.29. The van der Waals surface area contributed by atoms with Crippen LogP contribution in [0.4, 0.5) is 0 Å². The maximum atomic E-state index is 12.6. The van der Waals surface area contributed by atoms with E-state index >= 15 is 0 Å². The molecular weight excluding hydrogens is 394 g/mol. The summed E-state index contributed by atoms with van der Waals surface area (Å²) >= 11 is 0. The summed E-state index contributed by atoms with van der Waals surface area (Å²) < 4.78 is 0. The second-order valence-electron chi connectivity index (χ2n) is 7.09. The number of aromatic nitrogens is 2. The Hall–Kier alpha value is -4.26. The molecule has 0 unspecified atom stereocenters. The number of amides is 1. The van der Waals surface area contributed by atoms with E-state index in [9.17, 15) is 14.7 Å². The standard InChI is InChI=1S/C24H19N3O4/c28-22-19(10-15-3-5-17(6-4-15)24(30)31)14-26-21-8-7-18(11-20(21)22)23(29)27-13-16-2-1-9-25-12-16/h1-9,11-12,14H,10,13H2,(H,26,28)(H,27,29)(H,30,31). The summed E-state index contributed by atoms with van der Waals surface area (Å²) in [5, 5.41) is 23.1. The predicted molar refractivity (Wildman–Crippen MR) is 115 cm³/mol. The Balaban J connectivity index is 1.56. The molecule has 0 aliphatic heterocycles. The van der Waals surface area contributed by atoms with E-state index < -0.39 is 5.97 Å². The maximum Gasteiger partial charge on any atom is 0.335 e.